The third-order valence-corrected chi connectivity index (χ3v) is 4.59. The van der Waals surface area contributed by atoms with E-state index in [1.165, 1.54) is 0 Å². The minimum atomic E-state index is 0.174. The van der Waals surface area contributed by atoms with Gasteiger partial charge in [-0.1, -0.05) is 0 Å². The molecule has 0 unspecified atom stereocenters. The Hall–Kier alpha value is -2.54. The van der Waals surface area contributed by atoms with Crippen LogP contribution in [0, 0.1) is 6.92 Å². The molecule has 26 heavy (non-hydrogen) atoms. The van der Waals surface area contributed by atoms with Gasteiger partial charge in [0.2, 0.25) is 5.91 Å². The molecule has 0 bridgehead atoms. The third-order valence-electron chi connectivity index (χ3n) is 4.59. The molecular weight excluding hydrogens is 330 g/mol. The second kappa shape index (κ2) is 8.71. The Morgan fingerprint density at radius 2 is 2.12 bits per heavy atom. The van der Waals surface area contributed by atoms with Crippen molar-refractivity contribution >= 4 is 17.4 Å². The van der Waals surface area contributed by atoms with Gasteiger partial charge in [0, 0.05) is 55.6 Å². The Morgan fingerprint density at radius 3 is 2.81 bits per heavy atom. The van der Waals surface area contributed by atoms with E-state index in [1.807, 2.05) is 17.9 Å². The van der Waals surface area contributed by atoms with Crippen LogP contribution in [0.2, 0.25) is 0 Å². The Morgan fingerprint density at radius 1 is 1.31 bits per heavy atom. The molecule has 0 saturated carbocycles. The van der Waals surface area contributed by atoms with Crippen molar-refractivity contribution in [3.05, 3.63) is 42.1 Å². The number of hydrogen-bond acceptors (Lipinski definition) is 6. The van der Waals surface area contributed by atoms with Crippen LogP contribution in [-0.2, 0) is 9.53 Å². The molecule has 2 aromatic heterocycles. The Kier molecular flexibility index (Phi) is 6.12. The summed E-state index contributed by atoms with van der Waals surface area (Å²) >= 11 is 0. The molecule has 138 valence electrons. The molecule has 1 amide bonds. The molecule has 7 heteroatoms. The van der Waals surface area contributed by atoms with Gasteiger partial charge in [0.25, 0.3) is 0 Å². The van der Waals surface area contributed by atoms with E-state index in [2.05, 4.69) is 21.4 Å². The first-order valence-corrected chi connectivity index (χ1v) is 8.94. The number of aryl methyl sites for hydroxylation is 1. The Bertz CT molecular complexity index is 730. The first-order valence-electron chi connectivity index (χ1n) is 8.94. The first kappa shape index (κ1) is 18.3. The number of methoxy groups -OCH3 is 1. The zero-order valence-corrected chi connectivity index (χ0v) is 15.3. The molecule has 0 atom stereocenters. The fourth-order valence-electron chi connectivity index (χ4n) is 3.26. The number of hydrogen-bond donors (Lipinski definition) is 1. The van der Waals surface area contributed by atoms with Gasteiger partial charge in [-0.3, -0.25) is 14.8 Å². The second-order valence-electron chi connectivity index (χ2n) is 6.54. The van der Waals surface area contributed by atoms with Crippen molar-refractivity contribution < 1.29 is 9.53 Å². The van der Waals surface area contributed by atoms with Crippen LogP contribution >= 0.6 is 0 Å². The quantitative estimate of drug-likeness (QED) is 0.858. The van der Waals surface area contributed by atoms with E-state index in [0.717, 1.165) is 43.0 Å². The van der Waals surface area contributed by atoms with Gasteiger partial charge in [-0.25, -0.2) is 4.98 Å². The van der Waals surface area contributed by atoms with Crippen molar-refractivity contribution in [2.24, 2.45) is 0 Å². The van der Waals surface area contributed by atoms with Gasteiger partial charge in [0.05, 0.1) is 19.2 Å². The normalized spacial score (nSPS) is 15.1. The lowest BCUT2D eigenvalue weighted by atomic mass is 9.92. The lowest BCUT2D eigenvalue weighted by molar-refractivity contribution is -0.133. The molecule has 1 fully saturated rings. The third kappa shape index (κ3) is 4.76. The number of pyridine rings is 1. The predicted molar refractivity (Wildman–Crippen MR) is 99.3 cm³/mol. The number of carbonyl (C=O) groups is 1. The number of carbonyl (C=O) groups excluding carboxylic acids is 1. The number of aromatic nitrogens is 3. The molecule has 2 aromatic rings. The molecule has 0 aliphatic carbocycles. The second-order valence-corrected chi connectivity index (χ2v) is 6.54. The van der Waals surface area contributed by atoms with Crippen LogP contribution in [0.25, 0.3) is 0 Å². The molecule has 1 saturated heterocycles. The van der Waals surface area contributed by atoms with E-state index >= 15 is 0 Å². The number of nitrogens with zero attached hydrogens (tertiary/aromatic N) is 4. The fourth-order valence-corrected chi connectivity index (χ4v) is 3.26. The lowest BCUT2D eigenvalue weighted by Gasteiger charge is -2.32. The SMILES string of the molecule is COCCC(=O)N1CCC(c2cc(Nc3cnccn3)cc(C)n2)CC1. The van der Waals surface area contributed by atoms with Gasteiger partial charge < -0.3 is 15.0 Å². The number of anilines is 2. The van der Waals surface area contributed by atoms with Crippen molar-refractivity contribution in [2.75, 3.05) is 32.1 Å². The summed E-state index contributed by atoms with van der Waals surface area (Å²) in [4.78, 5) is 27.1. The number of amides is 1. The van der Waals surface area contributed by atoms with E-state index in [0.29, 0.717) is 24.8 Å². The highest BCUT2D eigenvalue weighted by Gasteiger charge is 2.24. The average molecular weight is 355 g/mol. The number of likely N-dealkylation sites (tertiary alicyclic amines) is 1. The summed E-state index contributed by atoms with van der Waals surface area (Å²) in [7, 11) is 1.62. The van der Waals surface area contributed by atoms with Crippen LogP contribution in [0.15, 0.2) is 30.7 Å². The highest BCUT2D eigenvalue weighted by molar-refractivity contribution is 5.76. The topological polar surface area (TPSA) is 80.2 Å². The zero-order chi connectivity index (χ0) is 18.4. The van der Waals surface area contributed by atoms with Gasteiger partial charge in [-0.2, -0.15) is 0 Å². The van der Waals surface area contributed by atoms with Gasteiger partial charge in [-0.05, 0) is 31.9 Å². The van der Waals surface area contributed by atoms with E-state index in [1.54, 1.807) is 25.7 Å². The maximum Gasteiger partial charge on any atom is 0.224 e. The monoisotopic (exact) mass is 355 g/mol. The summed E-state index contributed by atoms with van der Waals surface area (Å²) in [5.41, 5.74) is 3.00. The first-order chi connectivity index (χ1) is 12.7. The van der Waals surface area contributed by atoms with E-state index in [9.17, 15) is 4.79 Å². The van der Waals surface area contributed by atoms with E-state index in [-0.39, 0.29) is 5.91 Å². The van der Waals surface area contributed by atoms with Crippen LogP contribution in [0.3, 0.4) is 0 Å². The predicted octanol–water partition coefficient (Wildman–Crippen LogP) is 2.67. The Labute approximate surface area is 153 Å². The minimum absolute atomic E-state index is 0.174. The van der Waals surface area contributed by atoms with E-state index in [4.69, 9.17) is 9.72 Å². The standard InChI is InChI=1S/C19H25N5O2/c1-14-11-16(23-18-13-20-6-7-21-18)12-17(22-14)15-3-8-24(9-4-15)19(25)5-10-26-2/h6-7,11-13,15H,3-5,8-10H2,1-2H3,(H,21,22,23). The summed E-state index contributed by atoms with van der Waals surface area (Å²) in [6, 6.07) is 4.08. The summed E-state index contributed by atoms with van der Waals surface area (Å²) < 4.78 is 4.99. The molecule has 1 aliphatic heterocycles. The highest BCUT2D eigenvalue weighted by atomic mass is 16.5. The summed E-state index contributed by atoms with van der Waals surface area (Å²) in [5.74, 6) is 1.25. The number of piperidine rings is 1. The molecule has 7 nitrogen and oxygen atoms in total. The minimum Gasteiger partial charge on any atom is -0.384 e. The fraction of sp³-hybridized carbons (Fsp3) is 0.474. The molecule has 1 N–H and O–H groups in total. The van der Waals surface area contributed by atoms with E-state index < -0.39 is 0 Å². The highest BCUT2D eigenvalue weighted by Crippen LogP contribution is 2.29. The molecular formula is C19H25N5O2. The van der Waals surface area contributed by atoms with Crippen molar-refractivity contribution in [2.45, 2.75) is 32.1 Å². The molecule has 0 aromatic carbocycles. The molecule has 1 aliphatic rings. The molecule has 0 radical (unpaired) electrons. The summed E-state index contributed by atoms with van der Waals surface area (Å²) in [6.07, 6.45) is 7.32. The van der Waals surface area contributed by atoms with Crippen LogP contribution in [0.1, 0.15) is 36.6 Å². The average Bonchev–Trinajstić information content (AvgIpc) is 2.66. The largest absolute Gasteiger partial charge is 0.384 e. The lowest BCUT2D eigenvalue weighted by Crippen LogP contribution is -2.38. The molecule has 3 rings (SSSR count). The van der Waals surface area contributed by atoms with Crippen LogP contribution in [0.5, 0.6) is 0 Å². The summed E-state index contributed by atoms with van der Waals surface area (Å²) in [5, 5.41) is 3.28. The molecule has 0 spiro atoms. The van der Waals surface area contributed by atoms with Crippen molar-refractivity contribution in [3.8, 4) is 0 Å². The number of nitrogens with one attached hydrogen (secondary N) is 1. The van der Waals surface area contributed by atoms with Gasteiger partial charge >= 0.3 is 0 Å². The number of ether oxygens (including phenoxy) is 1. The van der Waals surface area contributed by atoms with Gasteiger partial charge in [0.15, 0.2) is 0 Å². The van der Waals surface area contributed by atoms with Gasteiger partial charge in [0.1, 0.15) is 5.82 Å². The van der Waals surface area contributed by atoms with Crippen LogP contribution in [-0.4, -0.2) is 52.6 Å². The summed E-state index contributed by atoms with van der Waals surface area (Å²) in [6.45, 7) is 4.02. The van der Waals surface area contributed by atoms with Crippen LogP contribution in [0.4, 0.5) is 11.5 Å². The smallest absolute Gasteiger partial charge is 0.224 e. The maximum absolute atomic E-state index is 12.1. The number of rotatable bonds is 6. The van der Waals surface area contributed by atoms with Gasteiger partial charge in [-0.15, -0.1) is 0 Å². The molecule has 3 heterocycles. The van der Waals surface area contributed by atoms with Crippen LogP contribution < -0.4 is 5.32 Å². The Balaban J connectivity index is 1.64. The van der Waals surface area contributed by atoms with Crippen molar-refractivity contribution in [1.82, 2.24) is 19.9 Å². The maximum atomic E-state index is 12.1. The van der Waals surface area contributed by atoms with Crippen molar-refractivity contribution in [1.29, 1.82) is 0 Å². The zero-order valence-electron chi connectivity index (χ0n) is 15.3. The van der Waals surface area contributed by atoms with Crippen molar-refractivity contribution in [3.63, 3.8) is 0 Å².